The Morgan fingerprint density at radius 2 is 2.05 bits per heavy atom. The van der Waals surface area contributed by atoms with Gasteiger partial charge in [-0.05, 0) is 12.8 Å². The van der Waals surface area contributed by atoms with E-state index in [0.717, 1.165) is 6.42 Å². The highest BCUT2D eigenvalue weighted by Crippen LogP contribution is 2.30. The predicted molar refractivity (Wildman–Crippen MR) is 72.1 cm³/mol. The van der Waals surface area contributed by atoms with Gasteiger partial charge in [-0.25, -0.2) is 8.78 Å². The lowest BCUT2D eigenvalue weighted by Gasteiger charge is -2.34. The van der Waals surface area contributed by atoms with Crippen LogP contribution in [0.4, 0.5) is 20.2 Å². The molecule has 0 unspecified atom stereocenters. The average molecular weight is 299 g/mol. The summed E-state index contributed by atoms with van der Waals surface area (Å²) in [7, 11) is 0. The maximum absolute atomic E-state index is 14.0. The highest BCUT2D eigenvalue weighted by Gasteiger charge is 2.26. The van der Waals surface area contributed by atoms with Gasteiger partial charge in [-0.1, -0.05) is 0 Å². The summed E-state index contributed by atoms with van der Waals surface area (Å²) in [5, 5.41) is 13.3. The van der Waals surface area contributed by atoms with E-state index in [0.29, 0.717) is 25.1 Å². The molecule has 6 nitrogen and oxygen atoms in total. The Kier molecular flexibility index (Phi) is 4.35. The van der Waals surface area contributed by atoms with Crippen molar-refractivity contribution in [2.45, 2.75) is 25.8 Å². The summed E-state index contributed by atoms with van der Waals surface area (Å²) in [5.41, 5.74) is -0.903. The summed E-state index contributed by atoms with van der Waals surface area (Å²) >= 11 is 0. The minimum Gasteiger partial charge on any atom is -0.365 e. The normalized spacial score (nSPS) is 18.4. The number of halogens is 2. The van der Waals surface area contributed by atoms with Crippen molar-refractivity contribution in [3.63, 3.8) is 0 Å². The van der Waals surface area contributed by atoms with Crippen LogP contribution in [0.1, 0.15) is 19.8 Å². The number of hydrogen-bond donors (Lipinski definition) is 1. The Morgan fingerprint density at radius 1 is 1.43 bits per heavy atom. The van der Waals surface area contributed by atoms with Gasteiger partial charge in [0.1, 0.15) is 5.69 Å². The second kappa shape index (κ2) is 6.02. The summed E-state index contributed by atoms with van der Waals surface area (Å²) < 4.78 is 27.9. The fourth-order valence-electron chi connectivity index (χ4n) is 2.55. The fraction of sp³-hybridized carbons (Fsp3) is 0.462. The zero-order chi connectivity index (χ0) is 15.6. The number of nitrogens with zero attached hydrogens (tertiary/aromatic N) is 2. The van der Waals surface area contributed by atoms with Crippen LogP contribution in [-0.4, -0.2) is 30.0 Å². The zero-order valence-corrected chi connectivity index (χ0v) is 11.4. The number of rotatable bonds is 3. The minimum atomic E-state index is -0.967. The van der Waals surface area contributed by atoms with E-state index in [1.54, 1.807) is 0 Å². The highest BCUT2D eigenvalue weighted by atomic mass is 19.1. The molecule has 1 atom stereocenters. The molecule has 1 fully saturated rings. The van der Waals surface area contributed by atoms with Crippen molar-refractivity contribution in [2.24, 2.45) is 0 Å². The molecule has 114 valence electrons. The Hall–Kier alpha value is -2.25. The van der Waals surface area contributed by atoms with Gasteiger partial charge in [0.2, 0.25) is 5.91 Å². The molecule has 21 heavy (non-hydrogen) atoms. The number of carbonyl (C=O) groups is 1. The number of anilines is 1. The van der Waals surface area contributed by atoms with Crippen molar-refractivity contribution in [1.82, 2.24) is 5.32 Å². The molecular formula is C13H15F2N3O3. The molecule has 1 heterocycles. The van der Waals surface area contributed by atoms with Crippen LogP contribution in [0.15, 0.2) is 12.1 Å². The third-order valence-electron chi connectivity index (χ3n) is 3.36. The first-order valence-corrected chi connectivity index (χ1v) is 6.54. The fourth-order valence-corrected chi connectivity index (χ4v) is 2.55. The zero-order valence-electron chi connectivity index (χ0n) is 11.4. The minimum absolute atomic E-state index is 0.190. The maximum atomic E-state index is 14.0. The Labute approximate surface area is 119 Å². The van der Waals surface area contributed by atoms with Crippen LogP contribution in [0.5, 0.6) is 0 Å². The van der Waals surface area contributed by atoms with E-state index >= 15 is 0 Å². The summed E-state index contributed by atoms with van der Waals surface area (Å²) in [6, 6.07) is 1.23. The van der Waals surface area contributed by atoms with Gasteiger partial charge < -0.3 is 10.2 Å². The maximum Gasteiger partial charge on any atom is 0.275 e. The van der Waals surface area contributed by atoms with Crippen molar-refractivity contribution in [1.29, 1.82) is 0 Å². The van der Waals surface area contributed by atoms with E-state index in [1.165, 1.54) is 11.8 Å². The van der Waals surface area contributed by atoms with Crippen molar-refractivity contribution in [3.05, 3.63) is 33.9 Å². The summed E-state index contributed by atoms with van der Waals surface area (Å²) in [5.74, 6) is -2.14. The monoisotopic (exact) mass is 299 g/mol. The number of non-ortho nitro benzene ring substituents is 1. The van der Waals surface area contributed by atoms with Crippen LogP contribution in [0, 0.1) is 21.7 Å². The smallest absolute Gasteiger partial charge is 0.275 e. The third-order valence-corrected chi connectivity index (χ3v) is 3.36. The number of carbonyl (C=O) groups excluding carboxylic acids is 1. The topological polar surface area (TPSA) is 75.5 Å². The van der Waals surface area contributed by atoms with Gasteiger partial charge >= 0.3 is 0 Å². The first-order chi connectivity index (χ1) is 9.88. The first kappa shape index (κ1) is 15.1. The lowest BCUT2D eigenvalue weighted by atomic mass is 10.0. The number of nitro benzene ring substituents is 1. The quantitative estimate of drug-likeness (QED) is 0.684. The number of amides is 1. The van der Waals surface area contributed by atoms with Gasteiger partial charge in [0.25, 0.3) is 5.69 Å². The molecule has 1 N–H and O–H groups in total. The van der Waals surface area contributed by atoms with Gasteiger partial charge in [0, 0.05) is 26.1 Å². The van der Waals surface area contributed by atoms with Crippen LogP contribution in [-0.2, 0) is 4.79 Å². The first-order valence-electron chi connectivity index (χ1n) is 6.54. The number of nitrogens with one attached hydrogen (secondary N) is 1. The van der Waals surface area contributed by atoms with Crippen molar-refractivity contribution < 1.29 is 18.5 Å². The molecule has 1 aliphatic heterocycles. The molecule has 1 amide bonds. The molecule has 0 radical (unpaired) electrons. The van der Waals surface area contributed by atoms with Gasteiger partial charge in [0.05, 0.1) is 17.1 Å². The molecule has 0 bridgehead atoms. The number of hydrogen-bond acceptors (Lipinski definition) is 4. The average Bonchev–Trinajstić information content (AvgIpc) is 2.37. The summed E-state index contributed by atoms with van der Waals surface area (Å²) in [4.78, 5) is 22.3. The second-order valence-corrected chi connectivity index (χ2v) is 5.00. The Balaban J connectivity index is 2.25. The largest absolute Gasteiger partial charge is 0.365 e. The second-order valence-electron chi connectivity index (χ2n) is 5.00. The van der Waals surface area contributed by atoms with Crippen LogP contribution in [0.25, 0.3) is 0 Å². The molecular weight excluding hydrogens is 284 g/mol. The molecule has 0 spiro atoms. The molecule has 1 aromatic rings. The van der Waals surface area contributed by atoms with Crippen LogP contribution < -0.4 is 10.2 Å². The van der Waals surface area contributed by atoms with E-state index in [1.807, 2.05) is 0 Å². The highest BCUT2D eigenvalue weighted by molar-refractivity contribution is 5.73. The standard InChI is InChI=1S/C13H15F2N3O3/c1-8(19)16-9-3-2-4-17(7-9)13-11(14)5-10(18(20)21)6-12(13)15/h5-6,9H,2-4,7H2,1H3,(H,16,19)/t9-/m1/s1. The van der Waals surface area contributed by atoms with Gasteiger partial charge in [0.15, 0.2) is 11.6 Å². The molecule has 0 aliphatic carbocycles. The van der Waals surface area contributed by atoms with E-state index in [9.17, 15) is 23.7 Å². The van der Waals surface area contributed by atoms with Gasteiger partial charge in [-0.2, -0.15) is 0 Å². The summed E-state index contributed by atoms with van der Waals surface area (Å²) in [6.45, 7) is 2.08. The van der Waals surface area contributed by atoms with Gasteiger partial charge in [-0.3, -0.25) is 14.9 Å². The lowest BCUT2D eigenvalue weighted by Crippen LogP contribution is -2.47. The van der Waals surface area contributed by atoms with E-state index in [2.05, 4.69) is 5.32 Å². The number of piperidine rings is 1. The molecule has 2 rings (SSSR count). The number of benzene rings is 1. The van der Waals surface area contributed by atoms with Crippen LogP contribution >= 0.6 is 0 Å². The Bertz CT molecular complexity index is 557. The summed E-state index contributed by atoms with van der Waals surface area (Å²) in [6.07, 6.45) is 1.40. The van der Waals surface area contributed by atoms with Crippen molar-refractivity contribution >= 4 is 17.3 Å². The number of nitro groups is 1. The Morgan fingerprint density at radius 3 is 2.57 bits per heavy atom. The molecule has 8 heteroatoms. The molecule has 0 saturated carbocycles. The van der Waals surface area contributed by atoms with Crippen LogP contribution in [0.2, 0.25) is 0 Å². The van der Waals surface area contributed by atoms with Crippen molar-refractivity contribution in [3.8, 4) is 0 Å². The lowest BCUT2D eigenvalue weighted by molar-refractivity contribution is -0.385. The van der Waals surface area contributed by atoms with Crippen molar-refractivity contribution in [2.75, 3.05) is 18.0 Å². The van der Waals surface area contributed by atoms with E-state index < -0.39 is 22.2 Å². The van der Waals surface area contributed by atoms with Gasteiger partial charge in [-0.15, -0.1) is 0 Å². The third kappa shape index (κ3) is 3.45. The van der Waals surface area contributed by atoms with E-state index in [4.69, 9.17) is 0 Å². The molecule has 0 aromatic heterocycles. The van der Waals surface area contributed by atoms with E-state index in [-0.39, 0.29) is 24.2 Å². The predicted octanol–water partition coefficient (Wildman–Crippen LogP) is 1.98. The molecule has 1 aliphatic rings. The van der Waals surface area contributed by atoms with Crippen LogP contribution in [0.3, 0.4) is 0 Å². The molecule has 1 saturated heterocycles. The SMILES string of the molecule is CC(=O)N[C@@H]1CCCN(c2c(F)cc([N+](=O)[O-])cc2F)C1. The molecule has 1 aromatic carbocycles.